The van der Waals surface area contributed by atoms with Crippen LogP contribution in [0.3, 0.4) is 0 Å². The Hall–Kier alpha value is -2.69. The third-order valence-corrected chi connectivity index (χ3v) is 3.12. The van der Waals surface area contributed by atoms with Gasteiger partial charge < -0.3 is 4.74 Å². The summed E-state index contributed by atoms with van der Waals surface area (Å²) in [6.07, 6.45) is 1.44. The summed E-state index contributed by atoms with van der Waals surface area (Å²) >= 11 is 0. The number of nitrogens with zero attached hydrogens (tertiary/aromatic N) is 1. The molecule has 4 nitrogen and oxygen atoms in total. The third kappa shape index (κ3) is 4.70. The zero-order valence-corrected chi connectivity index (χ0v) is 12.5. The second-order valence-corrected chi connectivity index (χ2v) is 4.88. The molecule has 2 aromatic rings. The van der Waals surface area contributed by atoms with E-state index in [1.54, 1.807) is 12.1 Å². The van der Waals surface area contributed by atoms with Gasteiger partial charge in [0.2, 0.25) is 0 Å². The standard InChI is InChI=1S/C17H17FN2O2/c1-12-3-8-16(9-13(12)2)22-11-17(21)20-19-10-14-4-6-15(18)7-5-14/h3-10H,11H2,1-2H3,(H,20,21)/b19-10+. The predicted octanol–water partition coefficient (Wildman–Crippen LogP) is 2.97. The summed E-state index contributed by atoms with van der Waals surface area (Å²) in [5.41, 5.74) is 5.32. The predicted molar refractivity (Wildman–Crippen MR) is 83.5 cm³/mol. The second-order valence-electron chi connectivity index (χ2n) is 4.88. The Labute approximate surface area is 128 Å². The van der Waals surface area contributed by atoms with Gasteiger partial charge in [-0.2, -0.15) is 5.10 Å². The summed E-state index contributed by atoms with van der Waals surface area (Å²) in [6, 6.07) is 11.4. The molecule has 0 spiro atoms. The van der Waals surface area contributed by atoms with Crippen LogP contribution in [0.4, 0.5) is 4.39 Å². The van der Waals surface area contributed by atoms with Crippen LogP contribution in [0.1, 0.15) is 16.7 Å². The lowest BCUT2D eigenvalue weighted by molar-refractivity contribution is -0.123. The lowest BCUT2D eigenvalue weighted by Gasteiger charge is -2.07. The van der Waals surface area contributed by atoms with E-state index in [0.717, 1.165) is 5.56 Å². The van der Waals surface area contributed by atoms with Gasteiger partial charge >= 0.3 is 0 Å². The zero-order chi connectivity index (χ0) is 15.9. The lowest BCUT2D eigenvalue weighted by atomic mass is 10.1. The van der Waals surface area contributed by atoms with Crippen molar-refractivity contribution in [2.45, 2.75) is 13.8 Å². The first kappa shape index (κ1) is 15.7. The molecule has 114 valence electrons. The summed E-state index contributed by atoms with van der Waals surface area (Å²) in [4.78, 5) is 11.6. The number of carbonyl (C=O) groups excluding carboxylic acids is 1. The Morgan fingerprint density at radius 1 is 1.18 bits per heavy atom. The maximum absolute atomic E-state index is 12.7. The van der Waals surface area contributed by atoms with Gasteiger partial charge in [-0.05, 0) is 54.8 Å². The Bertz CT molecular complexity index is 682. The van der Waals surface area contributed by atoms with Gasteiger partial charge in [-0.3, -0.25) is 4.79 Å². The van der Waals surface area contributed by atoms with Crippen molar-refractivity contribution in [2.24, 2.45) is 5.10 Å². The highest BCUT2D eigenvalue weighted by Gasteiger charge is 2.02. The highest BCUT2D eigenvalue weighted by Crippen LogP contribution is 2.16. The summed E-state index contributed by atoms with van der Waals surface area (Å²) in [5.74, 6) is -0.0414. The number of halogens is 1. The van der Waals surface area contributed by atoms with Crippen LogP contribution in [0.5, 0.6) is 5.75 Å². The van der Waals surface area contributed by atoms with Crippen LogP contribution in [0.15, 0.2) is 47.6 Å². The Morgan fingerprint density at radius 3 is 2.59 bits per heavy atom. The fourth-order valence-electron chi connectivity index (χ4n) is 1.71. The Balaban J connectivity index is 1.80. The minimum Gasteiger partial charge on any atom is -0.484 e. The SMILES string of the molecule is Cc1ccc(OCC(=O)N/N=C/c2ccc(F)cc2)cc1C. The van der Waals surface area contributed by atoms with Crippen LogP contribution in [-0.2, 0) is 4.79 Å². The van der Waals surface area contributed by atoms with E-state index in [1.807, 2.05) is 32.0 Å². The topological polar surface area (TPSA) is 50.7 Å². The molecule has 1 amide bonds. The summed E-state index contributed by atoms with van der Waals surface area (Å²) < 4.78 is 18.1. The molecule has 2 aromatic carbocycles. The van der Waals surface area contributed by atoms with Gasteiger partial charge in [0.05, 0.1) is 6.21 Å². The fraction of sp³-hybridized carbons (Fsp3) is 0.176. The highest BCUT2D eigenvalue weighted by molar-refractivity contribution is 5.82. The summed E-state index contributed by atoms with van der Waals surface area (Å²) in [5, 5.41) is 3.79. The molecule has 0 saturated heterocycles. The van der Waals surface area contributed by atoms with Crippen molar-refractivity contribution in [2.75, 3.05) is 6.61 Å². The number of carbonyl (C=O) groups is 1. The average Bonchev–Trinajstić information content (AvgIpc) is 2.50. The maximum Gasteiger partial charge on any atom is 0.277 e. The van der Waals surface area contributed by atoms with Gasteiger partial charge in [0.25, 0.3) is 5.91 Å². The van der Waals surface area contributed by atoms with Gasteiger partial charge in [-0.15, -0.1) is 0 Å². The molecule has 0 aromatic heterocycles. The van der Waals surface area contributed by atoms with Gasteiger partial charge in [0, 0.05) is 0 Å². The minimum atomic E-state index is -0.364. The number of amides is 1. The number of hydrogen-bond acceptors (Lipinski definition) is 3. The zero-order valence-electron chi connectivity index (χ0n) is 12.5. The van der Waals surface area contributed by atoms with Crippen LogP contribution >= 0.6 is 0 Å². The van der Waals surface area contributed by atoms with Crippen molar-refractivity contribution in [1.82, 2.24) is 5.43 Å². The molecule has 5 heteroatoms. The van der Waals surface area contributed by atoms with E-state index in [1.165, 1.54) is 23.9 Å². The monoisotopic (exact) mass is 300 g/mol. The molecule has 0 bridgehead atoms. The number of hydrogen-bond donors (Lipinski definition) is 1. The van der Waals surface area contributed by atoms with Crippen molar-refractivity contribution in [1.29, 1.82) is 0 Å². The number of rotatable bonds is 5. The van der Waals surface area contributed by atoms with E-state index < -0.39 is 0 Å². The molecule has 0 unspecified atom stereocenters. The maximum atomic E-state index is 12.7. The molecule has 22 heavy (non-hydrogen) atoms. The van der Waals surface area contributed by atoms with E-state index in [-0.39, 0.29) is 18.3 Å². The van der Waals surface area contributed by atoms with Crippen LogP contribution < -0.4 is 10.2 Å². The molecule has 0 radical (unpaired) electrons. The number of aryl methyl sites for hydroxylation is 2. The molecular formula is C17H17FN2O2. The van der Waals surface area contributed by atoms with Crippen LogP contribution in [0, 0.1) is 19.7 Å². The number of hydrazone groups is 1. The van der Waals surface area contributed by atoms with E-state index >= 15 is 0 Å². The molecule has 0 aliphatic carbocycles. The lowest BCUT2D eigenvalue weighted by Crippen LogP contribution is -2.24. The van der Waals surface area contributed by atoms with Crippen molar-refractivity contribution in [3.05, 3.63) is 65.0 Å². The van der Waals surface area contributed by atoms with Gasteiger partial charge in [-0.25, -0.2) is 9.82 Å². The van der Waals surface area contributed by atoms with Crippen LogP contribution in [-0.4, -0.2) is 18.7 Å². The van der Waals surface area contributed by atoms with Crippen LogP contribution in [0.25, 0.3) is 0 Å². The molecule has 0 saturated carbocycles. The molecule has 0 aliphatic heterocycles. The first-order valence-electron chi connectivity index (χ1n) is 6.82. The first-order chi connectivity index (χ1) is 10.5. The average molecular weight is 300 g/mol. The molecule has 0 fully saturated rings. The van der Waals surface area contributed by atoms with E-state index in [0.29, 0.717) is 11.3 Å². The molecule has 1 N–H and O–H groups in total. The van der Waals surface area contributed by atoms with Crippen molar-refractivity contribution in [3.63, 3.8) is 0 Å². The van der Waals surface area contributed by atoms with Gasteiger partial charge in [0.1, 0.15) is 11.6 Å². The fourth-order valence-corrected chi connectivity index (χ4v) is 1.71. The smallest absolute Gasteiger partial charge is 0.277 e. The van der Waals surface area contributed by atoms with Crippen molar-refractivity contribution >= 4 is 12.1 Å². The summed E-state index contributed by atoms with van der Waals surface area (Å²) in [6.45, 7) is 3.87. The Morgan fingerprint density at radius 2 is 1.91 bits per heavy atom. The van der Waals surface area contributed by atoms with Gasteiger partial charge in [-0.1, -0.05) is 18.2 Å². The largest absolute Gasteiger partial charge is 0.484 e. The van der Waals surface area contributed by atoms with E-state index in [4.69, 9.17) is 4.74 Å². The number of nitrogens with one attached hydrogen (secondary N) is 1. The third-order valence-electron chi connectivity index (χ3n) is 3.12. The molecule has 2 rings (SSSR count). The second kappa shape index (κ2) is 7.36. The minimum absolute atomic E-state index is 0.122. The van der Waals surface area contributed by atoms with Gasteiger partial charge in [0.15, 0.2) is 6.61 Å². The summed E-state index contributed by atoms with van der Waals surface area (Å²) in [7, 11) is 0. The molecule has 0 atom stereocenters. The number of ether oxygens (including phenoxy) is 1. The quantitative estimate of drug-likeness (QED) is 0.682. The number of benzene rings is 2. The van der Waals surface area contributed by atoms with E-state index in [2.05, 4.69) is 10.5 Å². The van der Waals surface area contributed by atoms with Crippen molar-refractivity contribution < 1.29 is 13.9 Å². The molecular weight excluding hydrogens is 283 g/mol. The Kier molecular flexibility index (Phi) is 5.25. The molecule has 0 aliphatic rings. The molecule has 0 heterocycles. The highest BCUT2D eigenvalue weighted by atomic mass is 19.1. The van der Waals surface area contributed by atoms with Crippen molar-refractivity contribution in [3.8, 4) is 5.75 Å². The van der Waals surface area contributed by atoms with Crippen LogP contribution in [0.2, 0.25) is 0 Å². The first-order valence-corrected chi connectivity index (χ1v) is 6.82. The van der Waals surface area contributed by atoms with E-state index in [9.17, 15) is 9.18 Å². The normalized spacial score (nSPS) is 10.7.